The molecule has 0 saturated heterocycles. The van der Waals surface area contributed by atoms with Crippen molar-refractivity contribution in [2.75, 3.05) is 39.9 Å². The van der Waals surface area contributed by atoms with Crippen molar-refractivity contribution in [3.63, 3.8) is 0 Å². The number of ether oxygens (including phenoxy) is 2. The molecule has 2 aliphatic rings. The van der Waals surface area contributed by atoms with Crippen LogP contribution in [0.4, 0.5) is 0 Å². The smallest absolute Gasteiger partial charge is 0.237 e. The predicted octanol–water partition coefficient (Wildman–Crippen LogP) is 4.30. The number of rotatable bonds is 13. The molecule has 1 aliphatic carbocycles. The van der Waals surface area contributed by atoms with Crippen molar-refractivity contribution in [3.05, 3.63) is 58.8 Å². The van der Waals surface area contributed by atoms with Crippen molar-refractivity contribution in [2.24, 2.45) is 5.92 Å². The van der Waals surface area contributed by atoms with E-state index in [9.17, 15) is 9.90 Å². The van der Waals surface area contributed by atoms with E-state index in [0.29, 0.717) is 50.1 Å². The van der Waals surface area contributed by atoms with Crippen LogP contribution in [0.3, 0.4) is 0 Å². The average molecular weight is 485 g/mol. The Balaban J connectivity index is 1.46. The molecule has 6 nitrogen and oxygen atoms in total. The second-order valence-electron chi connectivity index (χ2n) is 9.27. The summed E-state index contributed by atoms with van der Waals surface area (Å²) in [4.78, 5) is 19.0. The summed E-state index contributed by atoms with van der Waals surface area (Å²) < 4.78 is 11.6. The highest BCUT2D eigenvalue weighted by atomic mass is 32.1. The standard InChI is InChI=1S/C27H36N2O4S/c1-3-4-7-21(30)17-28(16-20-10-11-20)18-27(31)29-14-12-26-22(13-15-34-26)23(29)19-33-25-9-6-5-8-24(25)32-2/h3,5-6,8-9,13,15,20-21,23,30H,1,4,7,10-12,14,16-19H2,2H3. The van der Waals surface area contributed by atoms with Crippen LogP contribution in [0.15, 0.2) is 48.4 Å². The van der Waals surface area contributed by atoms with Gasteiger partial charge in [0.2, 0.25) is 5.91 Å². The summed E-state index contributed by atoms with van der Waals surface area (Å²) in [5, 5.41) is 12.6. The number of fused-ring (bicyclic) bond motifs is 1. The number of allylic oxidation sites excluding steroid dienone is 1. The van der Waals surface area contributed by atoms with Crippen molar-refractivity contribution in [2.45, 2.75) is 44.2 Å². The molecule has 2 atom stereocenters. The number of nitrogens with zero attached hydrogens (tertiary/aromatic N) is 2. The maximum Gasteiger partial charge on any atom is 0.237 e. The quantitative estimate of drug-likeness (QED) is 0.430. The van der Waals surface area contributed by atoms with Gasteiger partial charge in [0.05, 0.1) is 25.8 Å². The lowest BCUT2D eigenvalue weighted by molar-refractivity contribution is -0.136. The zero-order valence-electron chi connectivity index (χ0n) is 20.0. The van der Waals surface area contributed by atoms with Gasteiger partial charge in [-0.15, -0.1) is 17.9 Å². The summed E-state index contributed by atoms with van der Waals surface area (Å²) in [5.41, 5.74) is 1.18. The summed E-state index contributed by atoms with van der Waals surface area (Å²) in [5.74, 6) is 2.11. The van der Waals surface area contributed by atoms with E-state index in [2.05, 4.69) is 22.9 Å². The number of carbonyl (C=O) groups is 1. The maximum absolute atomic E-state index is 13.6. The fourth-order valence-electron chi connectivity index (χ4n) is 4.63. The van der Waals surface area contributed by atoms with Gasteiger partial charge < -0.3 is 19.5 Å². The van der Waals surface area contributed by atoms with Gasteiger partial charge in [-0.05, 0) is 67.2 Å². The number of para-hydroxylation sites is 2. The topological polar surface area (TPSA) is 62.2 Å². The number of amides is 1. The number of methoxy groups -OCH3 is 1. The minimum absolute atomic E-state index is 0.0991. The van der Waals surface area contributed by atoms with Gasteiger partial charge in [-0.3, -0.25) is 9.69 Å². The first-order valence-electron chi connectivity index (χ1n) is 12.2. The molecule has 1 aromatic carbocycles. The van der Waals surface area contributed by atoms with Crippen molar-refractivity contribution in [1.82, 2.24) is 9.80 Å². The number of aliphatic hydroxyl groups is 1. The first-order valence-corrected chi connectivity index (χ1v) is 13.1. The van der Waals surface area contributed by atoms with Crippen LogP contribution < -0.4 is 9.47 Å². The largest absolute Gasteiger partial charge is 0.493 e. The monoisotopic (exact) mass is 484 g/mol. The Hall–Kier alpha value is -2.35. The molecule has 0 bridgehead atoms. The predicted molar refractivity (Wildman–Crippen MR) is 136 cm³/mol. The van der Waals surface area contributed by atoms with Gasteiger partial charge in [0.25, 0.3) is 0 Å². The van der Waals surface area contributed by atoms with E-state index in [1.807, 2.05) is 35.2 Å². The molecule has 1 amide bonds. The lowest BCUT2D eigenvalue weighted by Gasteiger charge is -2.37. The molecule has 4 rings (SSSR count). The molecular weight excluding hydrogens is 448 g/mol. The van der Waals surface area contributed by atoms with Crippen molar-refractivity contribution in [1.29, 1.82) is 0 Å². The fraction of sp³-hybridized carbons (Fsp3) is 0.519. The highest BCUT2D eigenvalue weighted by molar-refractivity contribution is 7.10. The van der Waals surface area contributed by atoms with Crippen molar-refractivity contribution >= 4 is 17.2 Å². The molecule has 1 saturated carbocycles. The molecule has 1 N–H and O–H groups in total. The van der Waals surface area contributed by atoms with Gasteiger partial charge in [-0.2, -0.15) is 0 Å². The Morgan fingerprint density at radius 2 is 2.12 bits per heavy atom. The first kappa shape index (κ1) is 24.8. The van der Waals surface area contributed by atoms with E-state index >= 15 is 0 Å². The summed E-state index contributed by atoms with van der Waals surface area (Å²) in [6, 6.07) is 9.59. The Kier molecular flexibility index (Phi) is 8.64. The zero-order chi connectivity index (χ0) is 23.9. The Morgan fingerprint density at radius 1 is 1.32 bits per heavy atom. The SMILES string of the molecule is C=CCCC(O)CN(CC(=O)N1CCc2sccc2C1COc1ccccc1OC)CC1CC1. The normalized spacial score (nSPS) is 18.4. The van der Waals surface area contributed by atoms with Crippen LogP contribution in [0.25, 0.3) is 0 Å². The Morgan fingerprint density at radius 3 is 2.85 bits per heavy atom. The molecular formula is C27H36N2O4S. The number of carbonyl (C=O) groups excluding carboxylic acids is 1. The summed E-state index contributed by atoms with van der Waals surface area (Å²) in [6.07, 6.45) is 6.14. The van der Waals surface area contributed by atoms with Gasteiger partial charge in [-0.25, -0.2) is 0 Å². The molecule has 184 valence electrons. The molecule has 0 radical (unpaired) electrons. The zero-order valence-corrected chi connectivity index (χ0v) is 20.8. The third-order valence-electron chi connectivity index (χ3n) is 6.63. The second kappa shape index (κ2) is 11.9. The van der Waals surface area contributed by atoms with Gasteiger partial charge in [0.15, 0.2) is 11.5 Å². The van der Waals surface area contributed by atoms with E-state index in [1.54, 1.807) is 18.4 Å². The number of hydrogen-bond acceptors (Lipinski definition) is 6. The molecule has 1 aromatic heterocycles. The number of hydrogen-bond donors (Lipinski definition) is 1. The van der Waals surface area contributed by atoms with Crippen LogP contribution >= 0.6 is 11.3 Å². The maximum atomic E-state index is 13.6. The summed E-state index contributed by atoms with van der Waals surface area (Å²) in [7, 11) is 1.63. The molecule has 2 aromatic rings. The van der Waals surface area contributed by atoms with Crippen LogP contribution in [0, 0.1) is 5.92 Å². The summed E-state index contributed by atoms with van der Waals surface area (Å²) >= 11 is 1.75. The van der Waals surface area contributed by atoms with Gasteiger partial charge in [-0.1, -0.05) is 18.2 Å². The molecule has 0 spiro atoms. The number of aliphatic hydroxyl groups excluding tert-OH is 1. The van der Waals surface area contributed by atoms with E-state index in [1.165, 1.54) is 23.3 Å². The van der Waals surface area contributed by atoms with Crippen LogP contribution in [0.1, 0.15) is 42.2 Å². The lowest BCUT2D eigenvalue weighted by atomic mass is 10.0. The summed E-state index contributed by atoms with van der Waals surface area (Å²) in [6.45, 7) is 6.53. The minimum Gasteiger partial charge on any atom is -0.493 e. The van der Waals surface area contributed by atoms with Gasteiger partial charge >= 0.3 is 0 Å². The number of benzene rings is 1. The van der Waals surface area contributed by atoms with Gasteiger partial charge in [0, 0.05) is 24.5 Å². The van der Waals surface area contributed by atoms with Crippen LogP contribution in [0.2, 0.25) is 0 Å². The Bertz CT molecular complexity index is 958. The first-order chi connectivity index (χ1) is 16.6. The Labute approximate surface area is 206 Å². The van der Waals surface area contributed by atoms with Crippen molar-refractivity contribution in [3.8, 4) is 11.5 Å². The van der Waals surface area contributed by atoms with Crippen LogP contribution in [-0.4, -0.2) is 66.8 Å². The van der Waals surface area contributed by atoms with Crippen LogP contribution in [0.5, 0.6) is 11.5 Å². The molecule has 7 heteroatoms. The van der Waals surface area contributed by atoms with E-state index in [4.69, 9.17) is 9.47 Å². The van der Waals surface area contributed by atoms with E-state index in [-0.39, 0.29) is 11.9 Å². The number of thiophene rings is 1. The highest BCUT2D eigenvalue weighted by Crippen LogP contribution is 2.35. The molecule has 2 heterocycles. The van der Waals surface area contributed by atoms with Gasteiger partial charge in [0.1, 0.15) is 6.61 Å². The fourth-order valence-corrected chi connectivity index (χ4v) is 5.56. The molecule has 34 heavy (non-hydrogen) atoms. The van der Waals surface area contributed by atoms with E-state index in [0.717, 1.165) is 19.4 Å². The highest BCUT2D eigenvalue weighted by Gasteiger charge is 2.34. The average Bonchev–Trinajstić information content (AvgIpc) is 3.52. The molecule has 2 unspecified atom stereocenters. The van der Waals surface area contributed by atoms with Crippen LogP contribution in [-0.2, 0) is 11.2 Å². The molecule has 1 fully saturated rings. The third-order valence-corrected chi connectivity index (χ3v) is 7.62. The lowest BCUT2D eigenvalue weighted by Crippen LogP contribution is -2.48. The third kappa shape index (κ3) is 6.40. The van der Waals surface area contributed by atoms with E-state index < -0.39 is 6.10 Å². The molecule has 1 aliphatic heterocycles. The minimum atomic E-state index is -0.445. The second-order valence-corrected chi connectivity index (χ2v) is 10.3. The van der Waals surface area contributed by atoms with Crippen molar-refractivity contribution < 1.29 is 19.4 Å².